The number of halogens is 1. The van der Waals surface area contributed by atoms with Crippen molar-refractivity contribution in [2.45, 2.75) is 0 Å². The molecule has 122 valence electrons. The minimum Gasteiger partial charge on any atom is -0.293 e. The van der Waals surface area contributed by atoms with Crippen LogP contribution in [0, 0.1) is 20.2 Å². The topological polar surface area (TPSA) is 89.5 Å². The molecule has 7 nitrogen and oxygen atoms in total. The second kappa shape index (κ2) is 6.67. The van der Waals surface area contributed by atoms with Crippen LogP contribution in [0.15, 0.2) is 53.0 Å². The van der Waals surface area contributed by atoms with Gasteiger partial charge in [0.2, 0.25) is 0 Å². The van der Waals surface area contributed by atoms with Crippen molar-refractivity contribution in [1.29, 1.82) is 0 Å². The van der Waals surface area contributed by atoms with Crippen molar-refractivity contribution >= 4 is 64.3 Å². The smallest absolute Gasteiger partial charge is 0.293 e. The Kier molecular flexibility index (Phi) is 4.60. The number of thiophene rings is 2. The van der Waals surface area contributed by atoms with Gasteiger partial charge in [0.05, 0.1) is 9.85 Å². The molecule has 24 heavy (non-hydrogen) atoms. The first-order valence-electron chi connectivity index (χ1n) is 6.50. The van der Waals surface area contributed by atoms with Crippen LogP contribution in [-0.2, 0) is 0 Å². The van der Waals surface area contributed by atoms with E-state index in [0.29, 0.717) is 10.0 Å². The van der Waals surface area contributed by atoms with Gasteiger partial charge in [-0.05, 0) is 59.1 Å². The first-order valence-corrected chi connectivity index (χ1v) is 8.92. The predicted octanol–water partition coefficient (Wildman–Crippen LogP) is 5.86. The monoisotopic (exact) mass is 425 g/mol. The van der Waals surface area contributed by atoms with E-state index in [1.165, 1.54) is 12.1 Å². The Labute approximate surface area is 152 Å². The van der Waals surface area contributed by atoms with Crippen LogP contribution in [0.1, 0.15) is 0 Å². The molecule has 2 heterocycles. The summed E-state index contributed by atoms with van der Waals surface area (Å²) in [6.45, 7) is 0. The van der Waals surface area contributed by atoms with Crippen LogP contribution in [0.4, 0.5) is 25.7 Å². The Bertz CT molecular complexity index is 855. The van der Waals surface area contributed by atoms with Crippen LogP contribution in [0.2, 0.25) is 0 Å². The predicted molar refractivity (Wildman–Crippen MR) is 97.9 cm³/mol. The molecule has 0 atom stereocenters. The number of hydrogen-bond donors (Lipinski definition) is 0. The van der Waals surface area contributed by atoms with E-state index in [-0.39, 0.29) is 10.0 Å². The van der Waals surface area contributed by atoms with E-state index in [1.807, 2.05) is 24.3 Å². The van der Waals surface area contributed by atoms with Gasteiger partial charge < -0.3 is 0 Å². The molecule has 0 N–H and O–H groups in total. The average molecular weight is 426 g/mol. The Balaban J connectivity index is 2.10. The van der Waals surface area contributed by atoms with Gasteiger partial charge in [-0.3, -0.25) is 25.1 Å². The van der Waals surface area contributed by atoms with Gasteiger partial charge in [0, 0.05) is 22.3 Å². The molecule has 0 aliphatic carbocycles. The van der Waals surface area contributed by atoms with Gasteiger partial charge in [0.1, 0.15) is 10.0 Å². The van der Waals surface area contributed by atoms with Crippen molar-refractivity contribution in [2.24, 2.45) is 0 Å². The van der Waals surface area contributed by atoms with Gasteiger partial charge in [0.15, 0.2) is 0 Å². The molecular formula is C14H8BrN3O4S2. The minimum atomic E-state index is -0.454. The highest BCUT2D eigenvalue weighted by molar-refractivity contribution is 9.10. The Morgan fingerprint density at radius 3 is 1.62 bits per heavy atom. The van der Waals surface area contributed by atoms with E-state index in [9.17, 15) is 20.2 Å². The Hall–Kier alpha value is -2.30. The largest absolute Gasteiger partial charge is 0.326 e. The molecule has 10 heteroatoms. The van der Waals surface area contributed by atoms with Crippen LogP contribution in [0.25, 0.3) is 0 Å². The molecule has 0 saturated carbocycles. The number of anilines is 3. The van der Waals surface area contributed by atoms with Gasteiger partial charge in [0.25, 0.3) is 0 Å². The van der Waals surface area contributed by atoms with E-state index in [2.05, 4.69) is 15.9 Å². The Morgan fingerprint density at radius 2 is 1.25 bits per heavy atom. The zero-order chi connectivity index (χ0) is 17.3. The molecule has 0 spiro atoms. The molecule has 0 bridgehead atoms. The first-order chi connectivity index (χ1) is 11.5. The van der Waals surface area contributed by atoms with Crippen molar-refractivity contribution in [1.82, 2.24) is 0 Å². The lowest BCUT2D eigenvalue weighted by Gasteiger charge is -2.20. The van der Waals surface area contributed by atoms with Crippen LogP contribution < -0.4 is 4.90 Å². The molecule has 0 amide bonds. The summed E-state index contributed by atoms with van der Waals surface area (Å²) < 4.78 is 0.889. The molecule has 0 fully saturated rings. The normalized spacial score (nSPS) is 10.5. The van der Waals surface area contributed by atoms with Crippen molar-refractivity contribution in [3.63, 3.8) is 0 Å². The second-order valence-electron chi connectivity index (χ2n) is 4.55. The van der Waals surface area contributed by atoms with E-state index >= 15 is 0 Å². The molecule has 0 unspecified atom stereocenters. The lowest BCUT2D eigenvalue weighted by atomic mass is 10.3. The van der Waals surface area contributed by atoms with Gasteiger partial charge >= 0.3 is 10.0 Å². The summed E-state index contributed by atoms with van der Waals surface area (Å²) in [6.07, 6.45) is 0. The molecule has 0 aliphatic rings. The molecule has 0 aliphatic heterocycles. The highest BCUT2D eigenvalue weighted by Gasteiger charge is 2.22. The van der Waals surface area contributed by atoms with Gasteiger partial charge in [-0.2, -0.15) is 0 Å². The van der Waals surface area contributed by atoms with E-state index in [0.717, 1.165) is 32.8 Å². The van der Waals surface area contributed by atoms with Crippen LogP contribution in [-0.4, -0.2) is 9.85 Å². The highest BCUT2D eigenvalue weighted by Crippen LogP contribution is 2.45. The lowest BCUT2D eigenvalue weighted by Crippen LogP contribution is -2.06. The van der Waals surface area contributed by atoms with Crippen LogP contribution in [0.3, 0.4) is 0 Å². The summed E-state index contributed by atoms with van der Waals surface area (Å²) in [5, 5.41) is 23.2. The zero-order valence-corrected chi connectivity index (χ0v) is 15.0. The van der Waals surface area contributed by atoms with Crippen molar-refractivity contribution in [3.05, 3.63) is 73.2 Å². The molecule has 3 rings (SSSR count). The number of benzene rings is 1. The molecular weight excluding hydrogens is 418 g/mol. The third-order valence-electron chi connectivity index (χ3n) is 3.04. The van der Waals surface area contributed by atoms with Crippen molar-refractivity contribution in [3.8, 4) is 0 Å². The fourth-order valence-corrected chi connectivity index (χ4v) is 4.06. The molecule has 3 aromatic rings. The van der Waals surface area contributed by atoms with Crippen LogP contribution in [0.5, 0.6) is 0 Å². The molecule has 2 aromatic heterocycles. The summed E-state index contributed by atoms with van der Waals surface area (Å²) in [5.74, 6) is 0. The standard InChI is InChI=1S/C14H8BrN3O4S2/c15-9-1-3-10(4-2-9)16(11-5-7-13(23-11)17(19)20)12-6-8-14(24-12)18(21)22/h1-8H. The maximum absolute atomic E-state index is 11.0. The molecule has 0 radical (unpaired) electrons. The summed E-state index contributed by atoms with van der Waals surface area (Å²) in [5.41, 5.74) is 0.756. The Morgan fingerprint density at radius 1 is 0.792 bits per heavy atom. The zero-order valence-electron chi connectivity index (χ0n) is 11.8. The van der Waals surface area contributed by atoms with Gasteiger partial charge in [-0.25, -0.2) is 0 Å². The van der Waals surface area contributed by atoms with E-state index < -0.39 is 9.85 Å². The maximum atomic E-state index is 11.0. The van der Waals surface area contributed by atoms with Crippen molar-refractivity contribution in [2.75, 3.05) is 4.90 Å². The van der Waals surface area contributed by atoms with E-state index in [4.69, 9.17) is 0 Å². The third kappa shape index (κ3) is 3.30. The van der Waals surface area contributed by atoms with Crippen LogP contribution >= 0.6 is 38.6 Å². The first kappa shape index (κ1) is 16.6. The number of hydrogen-bond acceptors (Lipinski definition) is 7. The quantitative estimate of drug-likeness (QED) is 0.377. The van der Waals surface area contributed by atoms with Crippen molar-refractivity contribution < 1.29 is 9.85 Å². The SMILES string of the molecule is O=[N+]([O-])c1ccc(N(c2ccc(Br)cc2)c2ccc([N+](=O)[O-])s2)s1. The summed E-state index contributed by atoms with van der Waals surface area (Å²) in [7, 11) is 0. The number of nitrogens with zero attached hydrogens (tertiary/aromatic N) is 3. The van der Waals surface area contributed by atoms with E-state index in [1.54, 1.807) is 17.0 Å². The lowest BCUT2D eigenvalue weighted by molar-refractivity contribution is -0.380. The second-order valence-corrected chi connectivity index (χ2v) is 7.55. The number of nitro groups is 2. The minimum absolute atomic E-state index is 0.0122. The fourth-order valence-electron chi connectivity index (χ4n) is 2.03. The summed E-state index contributed by atoms with van der Waals surface area (Å²) in [6, 6.07) is 13.5. The molecule has 1 aromatic carbocycles. The third-order valence-corrected chi connectivity index (χ3v) is 5.61. The average Bonchev–Trinajstić information content (AvgIpc) is 3.19. The highest BCUT2D eigenvalue weighted by atomic mass is 79.9. The summed E-state index contributed by atoms with van der Waals surface area (Å²) >= 11 is 5.39. The van der Waals surface area contributed by atoms with Gasteiger partial charge in [-0.1, -0.05) is 15.9 Å². The molecule has 0 saturated heterocycles. The maximum Gasteiger partial charge on any atom is 0.326 e. The summed E-state index contributed by atoms with van der Waals surface area (Å²) in [4.78, 5) is 22.8. The fraction of sp³-hybridized carbons (Fsp3) is 0. The number of rotatable bonds is 5. The van der Waals surface area contributed by atoms with Gasteiger partial charge in [-0.15, -0.1) is 0 Å².